The summed E-state index contributed by atoms with van der Waals surface area (Å²) >= 11 is 0. The minimum atomic E-state index is -4.52. The monoisotopic (exact) mass is 482 g/mol. The number of sulfone groups is 1. The van der Waals surface area contributed by atoms with Gasteiger partial charge in [-0.1, -0.05) is 24.3 Å². The van der Waals surface area contributed by atoms with Crippen molar-refractivity contribution < 1.29 is 40.7 Å². The minimum Gasteiger partial charge on any atom is -0.468 e. The molecular formula is C23H21F3O6S. The van der Waals surface area contributed by atoms with Crippen molar-refractivity contribution in [1.82, 2.24) is 0 Å². The first-order chi connectivity index (χ1) is 15.3. The molecule has 176 valence electrons. The van der Waals surface area contributed by atoms with Crippen LogP contribution in [-0.2, 0) is 35.1 Å². The molecule has 0 spiro atoms. The van der Waals surface area contributed by atoms with E-state index in [-0.39, 0.29) is 17.7 Å². The highest BCUT2D eigenvalue weighted by atomic mass is 32.2. The predicted molar refractivity (Wildman–Crippen MR) is 114 cm³/mol. The third-order valence-electron chi connectivity index (χ3n) is 5.67. The Morgan fingerprint density at radius 1 is 0.818 bits per heavy atom. The molecule has 10 heteroatoms. The van der Waals surface area contributed by atoms with Crippen LogP contribution in [0.3, 0.4) is 0 Å². The molecule has 0 saturated heterocycles. The van der Waals surface area contributed by atoms with Crippen molar-refractivity contribution in [2.24, 2.45) is 5.41 Å². The minimum absolute atomic E-state index is 0.0770. The van der Waals surface area contributed by atoms with Gasteiger partial charge in [-0.2, -0.15) is 13.2 Å². The molecule has 2 aromatic rings. The fourth-order valence-electron chi connectivity index (χ4n) is 3.96. The van der Waals surface area contributed by atoms with Gasteiger partial charge in [0.2, 0.25) is 0 Å². The van der Waals surface area contributed by atoms with Crippen LogP contribution in [-0.4, -0.2) is 40.8 Å². The van der Waals surface area contributed by atoms with Crippen molar-refractivity contribution in [3.8, 4) is 0 Å². The van der Waals surface area contributed by atoms with E-state index in [1.54, 1.807) is 0 Å². The first-order valence-corrected chi connectivity index (χ1v) is 11.6. The lowest BCUT2D eigenvalue weighted by Crippen LogP contribution is -2.39. The van der Waals surface area contributed by atoms with Crippen LogP contribution in [0.15, 0.2) is 53.4 Å². The number of allylic oxidation sites excluding steroid dienone is 2. The summed E-state index contributed by atoms with van der Waals surface area (Å²) in [5.74, 6) is -1.66. The number of carbonyl (C=O) groups excluding carboxylic acids is 2. The van der Waals surface area contributed by atoms with Gasteiger partial charge in [0.1, 0.15) is 0 Å². The molecule has 3 rings (SSSR count). The maximum Gasteiger partial charge on any atom is 0.416 e. The van der Waals surface area contributed by atoms with Crippen molar-refractivity contribution in [2.75, 3.05) is 20.5 Å². The van der Waals surface area contributed by atoms with Crippen molar-refractivity contribution in [3.05, 3.63) is 65.2 Å². The normalized spacial score (nSPS) is 15.9. The van der Waals surface area contributed by atoms with Gasteiger partial charge >= 0.3 is 18.1 Å². The molecule has 0 atom stereocenters. The van der Waals surface area contributed by atoms with Gasteiger partial charge in [-0.05, 0) is 46.5 Å². The lowest BCUT2D eigenvalue weighted by Gasteiger charge is -2.23. The SMILES string of the molecule is COC(=O)C1(C(=O)OC)CC(c2ccc(C(F)(F)F)cc2)=C(c2ccc(S(C)(=O)=O)cc2)C1. The Balaban J connectivity index is 2.17. The number of ether oxygens (including phenoxy) is 2. The summed E-state index contributed by atoms with van der Waals surface area (Å²) < 4.78 is 72.4. The maximum absolute atomic E-state index is 13.0. The highest BCUT2D eigenvalue weighted by molar-refractivity contribution is 7.90. The fourth-order valence-corrected chi connectivity index (χ4v) is 4.59. The van der Waals surface area contributed by atoms with Crippen LogP contribution in [0, 0.1) is 5.41 Å². The predicted octanol–water partition coefficient (Wildman–Crippen LogP) is 4.15. The lowest BCUT2D eigenvalue weighted by molar-refractivity contribution is -0.168. The topological polar surface area (TPSA) is 86.7 Å². The Hall–Kier alpha value is -3.14. The van der Waals surface area contributed by atoms with E-state index < -0.39 is 38.9 Å². The maximum atomic E-state index is 13.0. The van der Waals surface area contributed by atoms with Gasteiger partial charge in [0, 0.05) is 19.1 Å². The molecule has 1 aliphatic rings. The van der Waals surface area contributed by atoms with Crippen LogP contribution in [0.2, 0.25) is 0 Å². The van der Waals surface area contributed by atoms with Gasteiger partial charge in [-0.15, -0.1) is 0 Å². The fraction of sp³-hybridized carbons (Fsp3) is 0.304. The Morgan fingerprint density at radius 2 is 1.21 bits per heavy atom. The van der Waals surface area contributed by atoms with Crippen LogP contribution in [0.4, 0.5) is 13.2 Å². The molecule has 0 aliphatic heterocycles. The number of halogens is 3. The quantitative estimate of drug-likeness (QED) is 0.470. The van der Waals surface area contributed by atoms with E-state index in [0.29, 0.717) is 22.3 Å². The number of alkyl halides is 3. The average molecular weight is 482 g/mol. The van der Waals surface area contributed by atoms with Crippen molar-refractivity contribution in [2.45, 2.75) is 23.9 Å². The standard InChI is InChI=1S/C23H21F3O6S/c1-31-20(27)22(21(28)32-2)12-18(14-4-8-16(9-5-14)23(24,25)26)19(13-22)15-6-10-17(11-7-15)33(3,29)30/h4-11H,12-13H2,1-3H3. The van der Waals surface area contributed by atoms with E-state index in [9.17, 15) is 31.2 Å². The molecule has 1 aliphatic carbocycles. The summed E-state index contributed by atoms with van der Waals surface area (Å²) in [7, 11) is -1.20. The second kappa shape index (κ2) is 8.66. The summed E-state index contributed by atoms with van der Waals surface area (Å²) in [6.45, 7) is 0. The second-order valence-electron chi connectivity index (χ2n) is 7.75. The summed E-state index contributed by atoms with van der Waals surface area (Å²) in [5, 5.41) is 0. The van der Waals surface area contributed by atoms with E-state index in [0.717, 1.165) is 32.6 Å². The van der Waals surface area contributed by atoms with Gasteiger partial charge in [-0.25, -0.2) is 8.42 Å². The molecule has 0 aromatic heterocycles. The van der Waals surface area contributed by atoms with Crippen LogP contribution in [0.1, 0.15) is 29.5 Å². The summed E-state index contributed by atoms with van der Waals surface area (Å²) in [5.41, 5.74) is -0.674. The van der Waals surface area contributed by atoms with Crippen molar-refractivity contribution >= 4 is 32.9 Å². The number of hydrogen-bond donors (Lipinski definition) is 0. The Morgan fingerprint density at radius 3 is 1.55 bits per heavy atom. The van der Waals surface area contributed by atoms with Crippen LogP contribution < -0.4 is 0 Å². The van der Waals surface area contributed by atoms with Crippen LogP contribution in [0.5, 0.6) is 0 Å². The second-order valence-corrected chi connectivity index (χ2v) is 9.76. The van der Waals surface area contributed by atoms with Crippen LogP contribution in [0.25, 0.3) is 11.1 Å². The Labute approximate surface area is 188 Å². The molecule has 2 aromatic carbocycles. The van der Waals surface area contributed by atoms with E-state index in [2.05, 4.69) is 0 Å². The highest BCUT2D eigenvalue weighted by Gasteiger charge is 2.53. The molecule has 6 nitrogen and oxygen atoms in total. The molecule has 0 heterocycles. The third kappa shape index (κ3) is 4.66. The van der Waals surface area contributed by atoms with E-state index in [1.165, 1.54) is 36.4 Å². The van der Waals surface area contributed by atoms with Gasteiger partial charge < -0.3 is 9.47 Å². The molecule has 33 heavy (non-hydrogen) atoms. The molecule has 0 N–H and O–H groups in total. The zero-order chi connectivity index (χ0) is 24.6. The molecule has 0 radical (unpaired) electrons. The number of esters is 2. The Bertz CT molecular complexity index is 1190. The zero-order valence-electron chi connectivity index (χ0n) is 18.0. The molecule has 0 bridgehead atoms. The van der Waals surface area contributed by atoms with Gasteiger partial charge in [-0.3, -0.25) is 9.59 Å². The summed E-state index contributed by atoms with van der Waals surface area (Å²) in [6.07, 6.45) is -3.74. The molecular weight excluding hydrogens is 461 g/mol. The van der Waals surface area contributed by atoms with Gasteiger partial charge in [0.15, 0.2) is 15.3 Å². The van der Waals surface area contributed by atoms with Gasteiger partial charge in [0.05, 0.1) is 24.7 Å². The molecule has 0 amide bonds. The molecule has 0 fully saturated rings. The number of carbonyl (C=O) groups is 2. The Kier molecular flexibility index (Phi) is 6.43. The summed E-state index contributed by atoms with van der Waals surface area (Å²) in [6, 6.07) is 10.2. The number of methoxy groups -OCH3 is 2. The molecule has 0 saturated carbocycles. The number of hydrogen-bond acceptors (Lipinski definition) is 6. The smallest absolute Gasteiger partial charge is 0.416 e. The first-order valence-electron chi connectivity index (χ1n) is 9.70. The number of rotatable bonds is 5. The summed E-state index contributed by atoms with van der Waals surface area (Å²) in [4.78, 5) is 25.4. The average Bonchev–Trinajstić information content (AvgIpc) is 3.19. The van der Waals surface area contributed by atoms with Gasteiger partial charge in [0.25, 0.3) is 0 Å². The lowest BCUT2D eigenvalue weighted by atomic mass is 9.82. The van der Waals surface area contributed by atoms with Crippen molar-refractivity contribution in [1.29, 1.82) is 0 Å². The van der Waals surface area contributed by atoms with E-state index in [4.69, 9.17) is 9.47 Å². The largest absolute Gasteiger partial charge is 0.468 e. The third-order valence-corrected chi connectivity index (χ3v) is 6.79. The zero-order valence-corrected chi connectivity index (χ0v) is 18.8. The first kappa shape index (κ1) is 24.5. The number of benzene rings is 2. The van der Waals surface area contributed by atoms with Crippen LogP contribution >= 0.6 is 0 Å². The van der Waals surface area contributed by atoms with Crippen molar-refractivity contribution in [3.63, 3.8) is 0 Å². The van der Waals surface area contributed by atoms with E-state index >= 15 is 0 Å². The highest BCUT2D eigenvalue weighted by Crippen LogP contribution is 2.51. The van der Waals surface area contributed by atoms with E-state index in [1.807, 2.05) is 0 Å². The molecule has 0 unspecified atom stereocenters.